The van der Waals surface area contributed by atoms with Gasteiger partial charge in [-0.15, -0.1) is 0 Å². The molecule has 1 unspecified atom stereocenters. The monoisotopic (exact) mass is 318 g/mol. The number of halogens is 1. The number of benzene rings is 1. The lowest BCUT2D eigenvalue weighted by Gasteiger charge is -2.28. The molecule has 0 spiro atoms. The lowest BCUT2D eigenvalue weighted by Crippen LogP contribution is -3.13. The maximum absolute atomic E-state index is 13.8. The van der Waals surface area contributed by atoms with Crippen LogP contribution in [0.4, 0.5) is 4.39 Å². The van der Waals surface area contributed by atoms with Crippen molar-refractivity contribution in [2.75, 3.05) is 6.54 Å². The molecule has 124 valence electrons. The zero-order valence-electron chi connectivity index (χ0n) is 14.0. The third-order valence-corrected chi connectivity index (χ3v) is 4.70. The molecule has 1 aromatic rings. The lowest BCUT2D eigenvalue weighted by molar-refractivity contribution is -0.917. The van der Waals surface area contributed by atoms with E-state index in [9.17, 15) is 14.4 Å². The molecular weight excluding hydrogens is 293 g/mol. The molecule has 1 amide bonds. The van der Waals surface area contributed by atoms with Gasteiger partial charge in [-0.3, -0.25) is 4.79 Å². The highest BCUT2D eigenvalue weighted by atomic mass is 19.1. The molecule has 0 radical (unpaired) electrons. The van der Waals surface area contributed by atoms with Gasteiger partial charge in [0.2, 0.25) is 0 Å². The molecule has 2 N–H and O–H groups in total. The van der Waals surface area contributed by atoms with E-state index in [4.69, 9.17) is 0 Å². The molecule has 0 heterocycles. The van der Waals surface area contributed by atoms with Gasteiger partial charge in [0, 0.05) is 18.4 Å². The Hall–Kier alpha value is -1.93. The fourth-order valence-electron chi connectivity index (χ4n) is 2.57. The average Bonchev–Trinajstić information content (AvgIpc) is 3.33. The Kier molecular flexibility index (Phi) is 5.38. The van der Waals surface area contributed by atoms with Crippen LogP contribution in [0, 0.1) is 23.1 Å². The summed E-state index contributed by atoms with van der Waals surface area (Å²) in [6.45, 7) is 6.32. The molecule has 0 saturated heterocycles. The standard InChI is InChI=1S/C18H24FN3O/c1-13(2)18(3,12-20)21-17(23)11-22(15-8-9-15)10-14-6-4-5-7-16(14)19/h4-7,13,15H,8-11H2,1-3H3,(H,21,23)/p+1/t18-/m1/s1. The number of carbonyl (C=O) groups is 1. The van der Waals surface area contributed by atoms with E-state index in [-0.39, 0.29) is 24.2 Å². The molecule has 1 aliphatic rings. The highest BCUT2D eigenvalue weighted by Crippen LogP contribution is 2.17. The molecule has 0 aliphatic heterocycles. The Morgan fingerprint density at radius 2 is 2.13 bits per heavy atom. The quantitative estimate of drug-likeness (QED) is 0.799. The van der Waals surface area contributed by atoms with Crippen molar-refractivity contribution < 1.29 is 14.1 Å². The van der Waals surface area contributed by atoms with Gasteiger partial charge in [0.25, 0.3) is 5.91 Å². The Labute approximate surface area is 137 Å². The fourth-order valence-corrected chi connectivity index (χ4v) is 2.57. The molecule has 2 atom stereocenters. The van der Waals surface area contributed by atoms with Gasteiger partial charge in [0.1, 0.15) is 17.9 Å². The first kappa shape index (κ1) is 17.4. The maximum atomic E-state index is 13.8. The molecular formula is C18H25FN3O+. The van der Waals surface area contributed by atoms with Gasteiger partial charge in [0.05, 0.1) is 12.1 Å². The highest BCUT2D eigenvalue weighted by molar-refractivity contribution is 5.78. The van der Waals surface area contributed by atoms with Gasteiger partial charge in [-0.2, -0.15) is 5.26 Å². The topological polar surface area (TPSA) is 57.3 Å². The molecule has 1 aliphatic carbocycles. The first-order chi connectivity index (χ1) is 10.9. The summed E-state index contributed by atoms with van der Waals surface area (Å²) in [4.78, 5) is 13.4. The summed E-state index contributed by atoms with van der Waals surface area (Å²) in [5, 5.41) is 12.2. The van der Waals surface area contributed by atoms with Gasteiger partial charge in [-0.25, -0.2) is 4.39 Å². The third kappa shape index (κ3) is 4.52. The zero-order chi connectivity index (χ0) is 17.0. The van der Waals surface area contributed by atoms with Crippen molar-refractivity contribution in [2.24, 2.45) is 5.92 Å². The number of rotatable bonds is 7. The summed E-state index contributed by atoms with van der Waals surface area (Å²) in [6.07, 6.45) is 2.13. The number of quaternary nitrogens is 1. The van der Waals surface area contributed by atoms with Crippen LogP contribution in [0.25, 0.3) is 0 Å². The first-order valence-corrected chi connectivity index (χ1v) is 8.16. The molecule has 1 aromatic carbocycles. The second kappa shape index (κ2) is 7.10. The van der Waals surface area contributed by atoms with Crippen LogP contribution in [-0.4, -0.2) is 24.0 Å². The SMILES string of the molecule is CC(C)[C@@](C)(C#N)NC(=O)C[NH+](Cc1ccccc1F)C1CC1. The number of nitrogens with zero attached hydrogens (tertiary/aromatic N) is 1. The smallest absolute Gasteiger partial charge is 0.276 e. The lowest BCUT2D eigenvalue weighted by atomic mass is 9.90. The Morgan fingerprint density at radius 1 is 1.48 bits per heavy atom. The van der Waals surface area contributed by atoms with Crippen LogP contribution >= 0.6 is 0 Å². The van der Waals surface area contributed by atoms with E-state index in [1.54, 1.807) is 19.1 Å². The number of nitriles is 1. The third-order valence-electron chi connectivity index (χ3n) is 4.70. The van der Waals surface area contributed by atoms with Crippen LogP contribution in [0.5, 0.6) is 0 Å². The summed E-state index contributed by atoms with van der Waals surface area (Å²) in [5.41, 5.74) is -0.238. The number of amides is 1. The summed E-state index contributed by atoms with van der Waals surface area (Å²) >= 11 is 0. The van der Waals surface area contributed by atoms with E-state index in [0.29, 0.717) is 18.2 Å². The van der Waals surface area contributed by atoms with E-state index >= 15 is 0 Å². The molecule has 1 saturated carbocycles. The minimum absolute atomic E-state index is 0.0207. The van der Waals surface area contributed by atoms with Crippen LogP contribution in [0.1, 0.15) is 39.2 Å². The van der Waals surface area contributed by atoms with Crippen molar-refractivity contribution in [3.63, 3.8) is 0 Å². The van der Waals surface area contributed by atoms with Crippen molar-refractivity contribution in [2.45, 2.75) is 51.7 Å². The second-order valence-corrected chi connectivity index (χ2v) is 6.89. The van der Waals surface area contributed by atoms with Crippen molar-refractivity contribution >= 4 is 5.91 Å². The number of carbonyl (C=O) groups excluding carboxylic acids is 1. The molecule has 1 fully saturated rings. The molecule has 4 nitrogen and oxygen atoms in total. The van der Waals surface area contributed by atoms with Crippen molar-refractivity contribution in [3.05, 3.63) is 35.6 Å². The predicted octanol–water partition coefficient (Wildman–Crippen LogP) is 1.43. The minimum atomic E-state index is -0.871. The summed E-state index contributed by atoms with van der Waals surface area (Å²) in [7, 11) is 0. The molecule has 0 bridgehead atoms. The van der Waals surface area contributed by atoms with Gasteiger partial charge in [-0.1, -0.05) is 32.0 Å². The summed E-state index contributed by atoms with van der Waals surface area (Å²) in [6, 6.07) is 9.30. The van der Waals surface area contributed by atoms with Crippen molar-refractivity contribution in [3.8, 4) is 6.07 Å². The Morgan fingerprint density at radius 3 is 2.65 bits per heavy atom. The van der Waals surface area contributed by atoms with Crippen LogP contribution in [0.2, 0.25) is 0 Å². The maximum Gasteiger partial charge on any atom is 0.276 e. The van der Waals surface area contributed by atoms with E-state index in [1.165, 1.54) is 6.07 Å². The van der Waals surface area contributed by atoms with E-state index in [1.807, 2.05) is 19.9 Å². The summed E-state index contributed by atoms with van der Waals surface area (Å²) < 4.78 is 13.8. The first-order valence-electron chi connectivity index (χ1n) is 8.16. The van der Waals surface area contributed by atoms with E-state index in [0.717, 1.165) is 17.7 Å². The zero-order valence-corrected chi connectivity index (χ0v) is 14.0. The number of hydrogen-bond acceptors (Lipinski definition) is 2. The highest BCUT2D eigenvalue weighted by Gasteiger charge is 2.37. The number of nitrogens with one attached hydrogen (secondary N) is 2. The van der Waals surface area contributed by atoms with E-state index in [2.05, 4.69) is 11.4 Å². The largest absolute Gasteiger partial charge is 0.333 e. The molecule has 5 heteroatoms. The molecule has 0 aromatic heterocycles. The van der Waals surface area contributed by atoms with Crippen molar-refractivity contribution in [1.82, 2.24) is 5.32 Å². The Balaban J connectivity index is 2.02. The minimum Gasteiger partial charge on any atom is -0.333 e. The van der Waals surface area contributed by atoms with Gasteiger partial charge in [-0.05, 0) is 18.9 Å². The van der Waals surface area contributed by atoms with E-state index < -0.39 is 5.54 Å². The van der Waals surface area contributed by atoms with Crippen LogP contribution in [0.3, 0.4) is 0 Å². The van der Waals surface area contributed by atoms with Gasteiger partial charge in [0.15, 0.2) is 6.54 Å². The fraction of sp³-hybridized carbons (Fsp3) is 0.556. The molecule has 23 heavy (non-hydrogen) atoms. The Bertz CT molecular complexity index is 607. The van der Waals surface area contributed by atoms with Gasteiger partial charge < -0.3 is 10.2 Å². The average molecular weight is 318 g/mol. The van der Waals surface area contributed by atoms with Gasteiger partial charge >= 0.3 is 0 Å². The normalized spacial score (nSPS) is 18.1. The predicted molar refractivity (Wildman–Crippen MR) is 86.0 cm³/mol. The molecule has 2 rings (SSSR count). The van der Waals surface area contributed by atoms with Crippen molar-refractivity contribution in [1.29, 1.82) is 5.26 Å². The second-order valence-electron chi connectivity index (χ2n) is 6.89. The summed E-state index contributed by atoms with van der Waals surface area (Å²) in [5.74, 6) is -0.358. The number of hydrogen-bond donors (Lipinski definition) is 2. The van der Waals surface area contributed by atoms with Crippen LogP contribution in [0.15, 0.2) is 24.3 Å². The van der Waals surface area contributed by atoms with Crippen LogP contribution < -0.4 is 10.2 Å². The van der Waals surface area contributed by atoms with Crippen LogP contribution in [-0.2, 0) is 11.3 Å².